The molecule has 0 bridgehead atoms. The molecule has 1 amide bonds. The topological polar surface area (TPSA) is 96.3 Å². The summed E-state index contributed by atoms with van der Waals surface area (Å²) in [5.41, 5.74) is 0.948. The Morgan fingerprint density at radius 1 is 1.05 bits per heavy atom. The Hall–Kier alpha value is -3.01. The van der Waals surface area contributed by atoms with E-state index in [0.717, 1.165) is 29.0 Å². The van der Waals surface area contributed by atoms with Crippen molar-refractivity contribution in [1.29, 1.82) is 0 Å². The lowest BCUT2D eigenvalue weighted by atomic mass is 10.1. The summed E-state index contributed by atoms with van der Waals surface area (Å²) >= 11 is 11.4. The number of amides is 1. The Labute approximate surface area is 239 Å². The third-order valence-electron chi connectivity index (χ3n) is 6.17. The number of nitrogens with zero attached hydrogens (tertiary/aromatic N) is 3. The van der Waals surface area contributed by atoms with E-state index in [1.165, 1.54) is 17.1 Å². The van der Waals surface area contributed by atoms with Crippen molar-refractivity contribution in [2.45, 2.75) is 19.2 Å². The van der Waals surface area contributed by atoms with E-state index in [1.54, 1.807) is 0 Å². The molecule has 0 aliphatic carbocycles. The fourth-order valence-electron chi connectivity index (χ4n) is 4.15. The minimum atomic E-state index is -5.01. The number of pyridine rings is 1. The highest BCUT2D eigenvalue weighted by atomic mass is 35.5. The molecular formula is C25H23Cl2F5N4O5. The molecule has 3 aromatic rings. The molecule has 2 aromatic carbocycles. The number of carbonyl (C=O) groups excluding carboxylic acids is 1. The van der Waals surface area contributed by atoms with Gasteiger partial charge in [0.1, 0.15) is 42.4 Å². The fraction of sp³-hybridized carbons (Fsp3) is 0.360. The maximum atomic E-state index is 14.1. The van der Waals surface area contributed by atoms with Crippen LogP contribution in [0.1, 0.15) is 10.4 Å². The van der Waals surface area contributed by atoms with Crippen molar-refractivity contribution in [2.75, 3.05) is 39.3 Å². The first-order valence-corrected chi connectivity index (χ1v) is 12.8. The molecule has 0 spiro atoms. The molecule has 1 aliphatic rings. The van der Waals surface area contributed by atoms with E-state index < -0.39 is 52.8 Å². The molecule has 1 atom stereocenters. The van der Waals surface area contributed by atoms with Gasteiger partial charge in [0.05, 0.1) is 15.6 Å². The molecule has 0 saturated carbocycles. The number of hydrogen-bond acceptors (Lipinski definition) is 7. The number of benzene rings is 2. The first-order valence-electron chi connectivity index (χ1n) is 12.1. The molecule has 222 valence electrons. The molecule has 0 radical (unpaired) electrons. The lowest BCUT2D eigenvalue weighted by Crippen LogP contribution is -2.55. The molecule has 2 N–H and O–H groups in total. The van der Waals surface area contributed by atoms with Crippen LogP contribution in [0.3, 0.4) is 0 Å². The van der Waals surface area contributed by atoms with Crippen molar-refractivity contribution in [3.05, 3.63) is 74.0 Å². The summed E-state index contributed by atoms with van der Waals surface area (Å²) < 4.78 is 75.7. The number of aromatic nitrogens is 1. The number of nitrogens with one attached hydrogen (secondary N) is 1. The van der Waals surface area contributed by atoms with Crippen LogP contribution in [0.2, 0.25) is 10.0 Å². The maximum Gasteiger partial charge on any atom is 0.524 e. The minimum Gasteiger partial charge on any atom is -0.491 e. The summed E-state index contributed by atoms with van der Waals surface area (Å²) in [6.07, 6.45) is -5.02. The van der Waals surface area contributed by atoms with Crippen molar-refractivity contribution in [1.82, 2.24) is 19.9 Å². The van der Waals surface area contributed by atoms with Crippen LogP contribution >= 0.6 is 23.2 Å². The zero-order valence-electron chi connectivity index (χ0n) is 21.1. The van der Waals surface area contributed by atoms with Crippen molar-refractivity contribution in [3.63, 3.8) is 0 Å². The van der Waals surface area contributed by atoms with Gasteiger partial charge in [-0.15, -0.1) is 13.2 Å². The number of ether oxygens (including phenoxy) is 2. The highest BCUT2D eigenvalue weighted by Crippen LogP contribution is 2.24. The lowest BCUT2D eigenvalue weighted by Gasteiger charge is -2.35. The average Bonchev–Trinajstić information content (AvgIpc) is 2.90. The molecule has 16 heteroatoms. The quantitative estimate of drug-likeness (QED) is 0.350. The van der Waals surface area contributed by atoms with Gasteiger partial charge in [-0.2, -0.15) is 0 Å². The van der Waals surface area contributed by atoms with Gasteiger partial charge in [0.25, 0.3) is 5.91 Å². The van der Waals surface area contributed by atoms with Crippen molar-refractivity contribution in [3.8, 4) is 5.75 Å². The summed E-state index contributed by atoms with van der Waals surface area (Å²) in [6, 6.07) is 5.64. The van der Waals surface area contributed by atoms with Crippen molar-refractivity contribution < 1.29 is 41.3 Å². The molecule has 1 aromatic heterocycles. The van der Waals surface area contributed by atoms with Crippen LogP contribution in [0.5, 0.6) is 5.75 Å². The SMILES string of the molecule is O=C(NN1CCN(C[C@H](O)COc2ccc(Cl)c(F)c2)CC1)c1cn(COC(F)(F)F)c2cc(Cl)c(F)cc2c1=O. The second-order valence-corrected chi connectivity index (χ2v) is 9.93. The molecule has 4 rings (SSSR count). The fourth-order valence-corrected chi connectivity index (χ4v) is 4.43. The first kappa shape index (κ1) is 30.9. The normalized spacial score (nSPS) is 15.7. The number of piperazine rings is 1. The van der Waals surface area contributed by atoms with Crippen molar-refractivity contribution >= 4 is 40.0 Å². The number of aliphatic hydroxyl groups is 1. The van der Waals surface area contributed by atoms with Gasteiger partial charge in [0.2, 0.25) is 5.43 Å². The monoisotopic (exact) mass is 624 g/mol. The van der Waals surface area contributed by atoms with Crippen LogP contribution in [0.25, 0.3) is 10.9 Å². The standard InChI is InChI=1S/C25H23Cl2F5N4O5/c26-18-2-1-15(7-20(18)28)40-12-14(37)10-34-3-5-36(6-4-34)33-24(39)17-11-35(13-41-25(30,31)32)22-9-19(27)21(29)8-16(22)23(17)38/h1-2,7-9,11,14,37H,3-6,10,12-13H2,(H,33,39)/t14-/m0/s1. The minimum absolute atomic E-state index is 0.0524. The van der Waals surface area contributed by atoms with Gasteiger partial charge in [0, 0.05) is 50.4 Å². The van der Waals surface area contributed by atoms with Crippen LogP contribution in [0.4, 0.5) is 22.0 Å². The first-order chi connectivity index (χ1) is 19.3. The molecule has 1 fully saturated rings. The van der Waals surface area contributed by atoms with Crippen molar-refractivity contribution in [2.24, 2.45) is 0 Å². The highest BCUT2D eigenvalue weighted by Gasteiger charge is 2.30. The number of rotatable bonds is 9. The van der Waals surface area contributed by atoms with Crippen LogP contribution in [-0.2, 0) is 11.5 Å². The number of halogens is 7. The van der Waals surface area contributed by atoms with Gasteiger partial charge >= 0.3 is 6.36 Å². The Kier molecular flexibility index (Phi) is 9.72. The van der Waals surface area contributed by atoms with E-state index >= 15 is 0 Å². The summed E-state index contributed by atoms with van der Waals surface area (Å²) in [5.74, 6) is -2.33. The number of alkyl halides is 3. The van der Waals surface area contributed by atoms with Crippen LogP contribution < -0.4 is 15.6 Å². The zero-order valence-corrected chi connectivity index (χ0v) is 22.6. The number of hydrogen-bond donors (Lipinski definition) is 2. The van der Waals surface area contributed by atoms with E-state index in [9.17, 15) is 36.6 Å². The van der Waals surface area contributed by atoms with E-state index in [2.05, 4.69) is 10.2 Å². The van der Waals surface area contributed by atoms with Gasteiger partial charge in [-0.3, -0.25) is 24.7 Å². The zero-order chi connectivity index (χ0) is 29.9. The maximum absolute atomic E-state index is 14.1. The molecule has 9 nitrogen and oxygen atoms in total. The Bertz CT molecular complexity index is 1480. The molecule has 2 heterocycles. The number of β-amino-alcohol motifs (C(OH)–C–C–N with tert-alkyl or cyclic N) is 1. The smallest absolute Gasteiger partial charge is 0.491 e. The van der Waals surface area contributed by atoms with Crippen LogP contribution in [-0.4, -0.2) is 77.3 Å². The Balaban J connectivity index is 1.37. The Morgan fingerprint density at radius 2 is 1.73 bits per heavy atom. The number of carbonyl (C=O) groups is 1. The predicted octanol–water partition coefficient (Wildman–Crippen LogP) is 3.78. The average molecular weight is 625 g/mol. The summed E-state index contributed by atoms with van der Waals surface area (Å²) in [6.45, 7) is 0.378. The predicted molar refractivity (Wildman–Crippen MR) is 139 cm³/mol. The van der Waals surface area contributed by atoms with Crippen LogP contribution in [0.15, 0.2) is 41.3 Å². The summed E-state index contributed by atoms with van der Waals surface area (Å²) in [5, 5.41) is 11.0. The van der Waals surface area contributed by atoms with E-state index in [1.807, 2.05) is 4.90 Å². The number of aliphatic hydroxyl groups excluding tert-OH is 1. The lowest BCUT2D eigenvalue weighted by molar-refractivity contribution is -0.337. The number of fused-ring (bicyclic) bond motifs is 1. The third kappa shape index (κ3) is 8.05. The highest BCUT2D eigenvalue weighted by molar-refractivity contribution is 6.31. The van der Waals surface area contributed by atoms with Gasteiger partial charge < -0.3 is 14.4 Å². The molecule has 41 heavy (non-hydrogen) atoms. The van der Waals surface area contributed by atoms with Gasteiger partial charge in [-0.05, 0) is 24.3 Å². The third-order valence-corrected chi connectivity index (χ3v) is 6.76. The second kappa shape index (κ2) is 12.9. The molecule has 1 saturated heterocycles. The van der Waals surface area contributed by atoms with E-state index in [0.29, 0.717) is 13.1 Å². The molecule has 0 unspecified atom stereocenters. The Morgan fingerprint density at radius 3 is 2.39 bits per heavy atom. The molecular weight excluding hydrogens is 602 g/mol. The largest absolute Gasteiger partial charge is 0.524 e. The number of hydrazine groups is 1. The van der Waals surface area contributed by atoms with Gasteiger partial charge in [0.15, 0.2) is 0 Å². The second-order valence-electron chi connectivity index (χ2n) is 9.11. The van der Waals surface area contributed by atoms with Crippen LogP contribution in [0, 0.1) is 11.6 Å². The summed E-state index contributed by atoms with van der Waals surface area (Å²) in [4.78, 5) is 27.8. The molecule has 1 aliphatic heterocycles. The van der Waals surface area contributed by atoms with Gasteiger partial charge in [-0.25, -0.2) is 13.8 Å². The summed E-state index contributed by atoms with van der Waals surface area (Å²) in [7, 11) is 0. The van der Waals surface area contributed by atoms with E-state index in [-0.39, 0.29) is 47.9 Å². The van der Waals surface area contributed by atoms with E-state index in [4.69, 9.17) is 27.9 Å². The van der Waals surface area contributed by atoms with Gasteiger partial charge in [-0.1, -0.05) is 23.2 Å².